The van der Waals surface area contributed by atoms with Gasteiger partial charge in [0.25, 0.3) is 0 Å². The number of benzene rings is 1. The summed E-state index contributed by atoms with van der Waals surface area (Å²) in [5.41, 5.74) is 2.35. The quantitative estimate of drug-likeness (QED) is 0.779. The summed E-state index contributed by atoms with van der Waals surface area (Å²) in [6.45, 7) is 7.79. The van der Waals surface area contributed by atoms with E-state index in [2.05, 4.69) is 54.9 Å². The molecule has 1 rings (SSSR count). The molecule has 1 aromatic rings. The largest absolute Gasteiger partial charge is 0.395 e. The van der Waals surface area contributed by atoms with Crippen LogP contribution in [0.4, 0.5) is 0 Å². The molecule has 0 unspecified atom stereocenters. The van der Waals surface area contributed by atoms with Gasteiger partial charge in [-0.25, -0.2) is 0 Å². The van der Waals surface area contributed by atoms with Gasteiger partial charge in [0.1, 0.15) is 0 Å². The Kier molecular flexibility index (Phi) is 7.17. The summed E-state index contributed by atoms with van der Waals surface area (Å²) in [6.07, 6.45) is 1.74. The van der Waals surface area contributed by atoms with Crippen LogP contribution in [0.5, 0.6) is 0 Å². The maximum absolute atomic E-state index is 8.66. The van der Waals surface area contributed by atoms with Crippen LogP contribution in [0.3, 0.4) is 0 Å². The lowest BCUT2D eigenvalue weighted by Gasteiger charge is -2.19. The van der Waals surface area contributed by atoms with Crippen molar-refractivity contribution in [2.45, 2.75) is 33.2 Å². The second-order valence-electron chi connectivity index (χ2n) is 4.34. The van der Waals surface area contributed by atoms with Gasteiger partial charge in [0.05, 0.1) is 6.61 Å². The van der Waals surface area contributed by atoms with Crippen molar-refractivity contribution in [3.8, 4) is 11.8 Å². The molecule has 0 bridgehead atoms. The first-order chi connectivity index (χ1) is 8.80. The fourth-order valence-electron chi connectivity index (χ4n) is 1.84. The van der Waals surface area contributed by atoms with Crippen molar-refractivity contribution in [3.63, 3.8) is 0 Å². The van der Waals surface area contributed by atoms with E-state index in [1.807, 2.05) is 0 Å². The molecule has 0 radical (unpaired) electrons. The van der Waals surface area contributed by atoms with Gasteiger partial charge in [-0.1, -0.05) is 37.8 Å². The molecule has 0 spiro atoms. The van der Waals surface area contributed by atoms with Gasteiger partial charge >= 0.3 is 0 Å². The van der Waals surface area contributed by atoms with E-state index in [1.54, 1.807) is 0 Å². The molecule has 2 heteroatoms. The Morgan fingerprint density at radius 3 is 2.44 bits per heavy atom. The molecule has 0 aliphatic heterocycles. The summed E-state index contributed by atoms with van der Waals surface area (Å²) in [5.74, 6) is 5.97. The average molecular weight is 245 g/mol. The highest BCUT2D eigenvalue weighted by molar-refractivity contribution is 5.36. The van der Waals surface area contributed by atoms with E-state index in [0.717, 1.165) is 25.2 Å². The highest BCUT2D eigenvalue weighted by Gasteiger charge is 2.01. The van der Waals surface area contributed by atoms with E-state index in [9.17, 15) is 0 Å². The van der Waals surface area contributed by atoms with Gasteiger partial charge in [0.15, 0.2) is 0 Å². The Morgan fingerprint density at radius 2 is 1.89 bits per heavy atom. The van der Waals surface area contributed by atoms with Crippen molar-refractivity contribution >= 4 is 0 Å². The lowest BCUT2D eigenvalue weighted by atomic mass is 10.1. The molecule has 0 aliphatic carbocycles. The van der Waals surface area contributed by atoms with E-state index in [0.29, 0.717) is 6.42 Å². The van der Waals surface area contributed by atoms with Gasteiger partial charge in [0, 0.05) is 18.5 Å². The van der Waals surface area contributed by atoms with Crippen molar-refractivity contribution in [1.29, 1.82) is 0 Å². The van der Waals surface area contributed by atoms with Crippen molar-refractivity contribution < 1.29 is 5.11 Å². The molecule has 0 saturated carbocycles. The summed E-state index contributed by atoms with van der Waals surface area (Å²) >= 11 is 0. The summed E-state index contributed by atoms with van der Waals surface area (Å²) in [6, 6.07) is 8.39. The van der Waals surface area contributed by atoms with Crippen LogP contribution in [0, 0.1) is 11.8 Å². The van der Waals surface area contributed by atoms with Crippen LogP contribution in [-0.2, 0) is 6.54 Å². The van der Waals surface area contributed by atoms with Crippen LogP contribution >= 0.6 is 0 Å². The summed E-state index contributed by atoms with van der Waals surface area (Å²) in [7, 11) is 0. The molecule has 0 fully saturated rings. The Balaban J connectivity index is 2.57. The van der Waals surface area contributed by atoms with E-state index in [4.69, 9.17) is 5.11 Å². The third kappa shape index (κ3) is 5.35. The predicted molar refractivity (Wildman–Crippen MR) is 76.3 cm³/mol. The number of aliphatic hydroxyl groups is 1. The number of aliphatic hydroxyl groups excluding tert-OH is 1. The Bertz CT molecular complexity index is 386. The maximum Gasteiger partial charge on any atom is 0.0540 e. The summed E-state index contributed by atoms with van der Waals surface area (Å²) in [5, 5.41) is 8.66. The lowest BCUT2D eigenvalue weighted by molar-refractivity contribution is 0.280. The normalized spacial score (nSPS) is 10.2. The van der Waals surface area contributed by atoms with Crippen LogP contribution in [0.2, 0.25) is 0 Å². The zero-order valence-electron chi connectivity index (χ0n) is 11.4. The molecule has 0 aromatic heterocycles. The molecule has 2 nitrogen and oxygen atoms in total. The van der Waals surface area contributed by atoms with Gasteiger partial charge in [-0.15, -0.1) is 0 Å². The third-order valence-electron chi connectivity index (χ3n) is 2.82. The Labute approximate surface area is 111 Å². The Hall–Kier alpha value is -1.30. The molecule has 18 heavy (non-hydrogen) atoms. The van der Waals surface area contributed by atoms with E-state index in [-0.39, 0.29) is 6.61 Å². The number of hydrogen-bond donors (Lipinski definition) is 1. The van der Waals surface area contributed by atoms with Gasteiger partial charge < -0.3 is 5.11 Å². The SMILES string of the molecule is CCCN(CC)Cc1ccc(C#CCCO)cc1. The first-order valence-corrected chi connectivity index (χ1v) is 6.71. The lowest BCUT2D eigenvalue weighted by Crippen LogP contribution is -2.23. The van der Waals surface area contributed by atoms with Crippen LogP contribution < -0.4 is 0 Å². The highest BCUT2D eigenvalue weighted by atomic mass is 16.2. The standard InChI is InChI=1S/C16H23NO/c1-3-12-17(4-2)14-16-10-8-15(9-11-16)7-5-6-13-18/h8-11,18H,3-4,6,12-14H2,1-2H3. The van der Waals surface area contributed by atoms with Crippen LogP contribution in [0.15, 0.2) is 24.3 Å². The molecule has 0 amide bonds. The van der Waals surface area contributed by atoms with Gasteiger partial charge in [-0.3, -0.25) is 4.90 Å². The summed E-state index contributed by atoms with van der Waals surface area (Å²) in [4.78, 5) is 2.44. The average Bonchev–Trinajstić information content (AvgIpc) is 2.40. The minimum atomic E-state index is 0.133. The smallest absolute Gasteiger partial charge is 0.0540 e. The van der Waals surface area contributed by atoms with Gasteiger partial charge in [-0.2, -0.15) is 0 Å². The molecule has 1 aromatic carbocycles. The highest BCUT2D eigenvalue weighted by Crippen LogP contribution is 2.07. The fourth-order valence-corrected chi connectivity index (χ4v) is 1.84. The van der Waals surface area contributed by atoms with Gasteiger partial charge in [-0.05, 0) is 37.2 Å². The second-order valence-corrected chi connectivity index (χ2v) is 4.34. The summed E-state index contributed by atoms with van der Waals surface area (Å²) < 4.78 is 0. The minimum Gasteiger partial charge on any atom is -0.395 e. The third-order valence-corrected chi connectivity index (χ3v) is 2.82. The van der Waals surface area contributed by atoms with Crippen molar-refractivity contribution in [2.75, 3.05) is 19.7 Å². The van der Waals surface area contributed by atoms with E-state index >= 15 is 0 Å². The zero-order chi connectivity index (χ0) is 13.2. The fraction of sp³-hybridized carbons (Fsp3) is 0.500. The zero-order valence-corrected chi connectivity index (χ0v) is 11.4. The molecular weight excluding hydrogens is 222 g/mol. The van der Waals surface area contributed by atoms with E-state index in [1.165, 1.54) is 12.0 Å². The molecule has 0 aliphatic rings. The molecule has 1 N–H and O–H groups in total. The number of nitrogens with zero attached hydrogens (tertiary/aromatic N) is 1. The van der Waals surface area contributed by atoms with Crippen LogP contribution in [0.25, 0.3) is 0 Å². The van der Waals surface area contributed by atoms with Gasteiger partial charge in [0.2, 0.25) is 0 Å². The molecular formula is C16H23NO. The topological polar surface area (TPSA) is 23.5 Å². The first-order valence-electron chi connectivity index (χ1n) is 6.71. The predicted octanol–water partition coefficient (Wildman–Crippen LogP) is 2.65. The first kappa shape index (κ1) is 14.8. The minimum absolute atomic E-state index is 0.133. The number of hydrogen-bond acceptors (Lipinski definition) is 2. The van der Waals surface area contributed by atoms with Crippen molar-refractivity contribution in [3.05, 3.63) is 35.4 Å². The maximum atomic E-state index is 8.66. The van der Waals surface area contributed by atoms with Crippen LogP contribution in [-0.4, -0.2) is 29.7 Å². The van der Waals surface area contributed by atoms with Crippen molar-refractivity contribution in [2.24, 2.45) is 0 Å². The van der Waals surface area contributed by atoms with Crippen LogP contribution in [0.1, 0.15) is 37.8 Å². The monoisotopic (exact) mass is 245 g/mol. The molecule has 0 saturated heterocycles. The van der Waals surface area contributed by atoms with Crippen molar-refractivity contribution in [1.82, 2.24) is 4.90 Å². The second kappa shape index (κ2) is 8.74. The molecule has 98 valence electrons. The Morgan fingerprint density at radius 1 is 1.17 bits per heavy atom. The molecule has 0 atom stereocenters. The van der Waals surface area contributed by atoms with E-state index < -0.39 is 0 Å². The molecule has 0 heterocycles. The number of rotatable bonds is 6.